The maximum atomic E-state index is 12.0. The SMILES string of the molecule is CCCCCCCC(CCCCCCCC(=O)O)OC(=O)CCCCC. The van der Waals surface area contributed by atoms with Crippen LogP contribution in [0.4, 0.5) is 0 Å². The van der Waals surface area contributed by atoms with Crippen LogP contribution in [0.25, 0.3) is 0 Å². The first-order chi connectivity index (χ1) is 12.6. The van der Waals surface area contributed by atoms with E-state index in [2.05, 4.69) is 13.8 Å². The van der Waals surface area contributed by atoms with Gasteiger partial charge in [0, 0.05) is 12.8 Å². The van der Waals surface area contributed by atoms with Crippen LogP contribution in [0, 0.1) is 0 Å². The molecule has 0 saturated heterocycles. The Bertz CT molecular complexity index is 341. The minimum absolute atomic E-state index is 0.0292. The first-order valence-electron chi connectivity index (χ1n) is 11.0. The van der Waals surface area contributed by atoms with Crippen LogP contribution in [0.1, 0.15) is 123 Å². The van der Waals surface area contributed by atoms with Crippen LogP contribution in [0.15, 0.2) is 0 Å². The van der Waals surface area contributed by atoms with Crippen LogP contribution in [-0.4, -0.2) is 23.1 Å². The summed E-state index contributed by atoms with van der Waals surface area (Å²) in [6.45, 7) is 4.36. The minimum Gasteiger partial charge on any atom is -0.481 e. The minimum atomic E-state index is -0.705. The zero-order valence-corrected chi connectivity index (χ0v) is 17.3. The Morgan fingerprint density at radius 1 is 0.692 bits per heavy atom. The number of ether oxygens (including phenoxy) is 1. The Morgan fingerprint density at radius 2 is 1.15 bits per heavy atom. The molecule has 1 N–H and O–H groups in total. The summed E-state index contributed by atoms with van der Waals surface area (Å²) in [5.41, 5.74) is 0. The molecule has 0 radical (unpaired) electrons. The van der Waals surface area contributed by atoms with Crippen LogP contribution < -0.4 is 0 Å². The lowest BCUT2D eigenvalue weighted by molar-refractivity contribution is -0.150. The van der Waals surface area contributed by atoms with Gasteiger partial charge in [-0.3, -0.25) is 9.59 Å². The quantitative estimate of drug-likeness (QED) is 0.204. The number of hydrogen-bond donors (Lipinski definition) is 1. The topological polar surface area (TPSA) is 63.6 Å². The van der Waals surface area contributed by atoms with Gasteiger partial charge in [0.2, 0.25) is 0 Å². The highest BCUT2D eigenvalue weighted by atomic mass is 16.5. The number of unbranched alkanes of at least 4 members (excludes halogenated alkanes) is 10. The zero-order chi connectivity index (χ0) is 19.5. The van der Waals surface area contributed by atoms with Crippen molar-refractivity contribution in [3.8, 4) is 0 Å². The number of carboxylic acids is 1. The normalized spacial score (nSPS) is 12.1. The van der Waals surface area contributed by atoms with Crippen molar-refractivity contribution in [2.45, 2.75) is 129 Å². The van der Waals surface area contributed by atoms with Crippen molar-refractivity contribution in [2.24, 2.45) is 0 Å². The van der Waals surface area contributed by atoms with Crippen LogP contribution >= 0.6 is 0 Å². The Balaban J connectivity index is 3.98. The van der Waals surface area contributed by atoms with Gasteiger partial charge in [-0.15, -0.1) is 0 Å². The van der Waals surface area contributed by atoms with E-state index in [0.717, 1.165) is 70.6 Å². The van der Waals surface area contributed by atoms with Gasteiger partial charge in [0.15, 0.2) is 0 Å². The van der Waals surface area contributed by atoms with E-state index in [4.69, 9.17) is 9.84 Å². The first kappa shape index (κ1) is 24.9. The van der Waals surface area contributed by atoms with Gasteiger partial charge in [-0.25, -0.2) is 0 Å². The molecule has 0 aromatic carbocycles. The highest BCUT2D eigenvalue weighted by molar-refractivity contribution is 5.69. The Hall–Kier alpha value is -1.06. The van der Waals surface area contributed by atoms with E-state index < -0.39 is 5.97 Å². The van der Waals surface area contributed by atoms with E-state index in [-0.39, 0.29) is 18.5 Å². The molecule has 0 aliphatic carbocycles. The molecule has 4 nitrogen and oxygen atoms in total. The fourth-order valence-corrected chi connectivity index (χ4v) is 3.18. The smallest absolute Gasteiger partial charge is 0.306 e. The lowest BCUT2D eigenvalue weighted by atomic mass is 10.0. The third-order valence-electron chi connectivity index (χ3n) is 4.83. The molecule has 4 heteroatoms. The third kappa shape index (κ3) is 17.8. The van der Waals surface area contributed by atoms with Crippen molar-refractivity contribution in [1.82, 2.24) is 0 Å². The standard InChI is InChI=1S/C22H42O4/c1-3-5-7-9-13-16-20(26-22(25)19-12-6-4-2)17-14-10-8-11-15-18-21(23)24/h20H,3-19H2,1-2H3,(H,23,24). The molecule has 1 unspecified atom stereocenters. The van der Waals surface area contributed by atoms with Crippen LogP contribution in [0.3, 0.4) is 0 Å². The summed E-state index contributed by atoms with van der Waals surface area (Å²) in [4.78, 5) is 22.5. The number of aliphatic carboxylic acids is 1. The molecule has 0 amide bonds. The summed E-state index contributed by atoms with van der Waals surface area (Å²) in [6.07, 6.45) is 17.1. The second kappa shape index (κ2) is 18.7. The van der Waals surface area contributed by atoms with Crippen LogP contribution in [0.2, 0.25) is 0 Å². The fraction of sp³-hybridized carbons (Fsp3) is 0.909. The molecule has 0 saturated carbocycles. The molecule has 154 valence electrons. The van der Waals surface area contributed by atoms with Crippen LogP contribution in [0.5, 0.6) is 0 Å². The molecule has 0 aromatic rings. The molecular formula is C22H42O4. The molecule has 1 atom stereocenters. The fourth-order valence-electron chi connectivity index (χ4n) is 3.18. The van der Waals surface area contributed by atoms with Gasteiger partial charge in [-0.2, -0.15) is 0 Å². The number of carbonyl (C=O) groups excluding carboxylic acids is 1. The summed E-state index contributed by atoms with van der Waals surface area (Å²) in [5, 5.41) is 8.64. The summed E-state index contributed by atoms with van der Waals surface area (Å²) in [6, 6.07) is 0. The van der Waals surface area contributed by atoms with Gasteiger partial charge in [0.1, 0.15) is 6.10 Å². The number of carboxylic acid groups (broad SMARTS) is 1. The molecule has 0 aromatic heterocycles. The van der Waals surface area contributed by atoms with E-state index >= 15 is 0 Å². The van der Waals surface area contributed by atoms with E-state index in [0.29, 0.717) is 6.42 Å². The van der Waals surface area contributed by atoms with Gasteiger partial charge >= 0.3 is 11.9 Å². The summed E-state index contributed by atoms with van der Waals surface area (Å²) in [7, 11) is 0. The lowest BCUT2D eigenvalue weighted by Crippen LogP contribution is -2.18. The predicted molar refractivity (Wildman–Crippen MR) is 107 cm³/mol. The molecular weight excluding hydrogens is 328 g/mol. The molecule has 0 bridgehead atoms. The van der Waals surface area contributed by atoms with Crippen molar-refractivity contribution in [3.63, 3.8) is 0 Å². The molecule has 0 fully saturated rings. The van der Waals surface area contributed by atoms with Gasteiger partial charge in [0.25, 0.3) is 0 Å². The average Bonchev–Trinajstić information content (AvgIpc) is 2.60. The average molecular weight is 371 g/mol. The second-order valence-electron chi connectivity index (χ2n) is 7.47. The molecule has 0 aliphatic heterocycles. The Labute approximate surface area is 161 Å². The summed E-state index contributed by atoms with van der Waals surface area (Å²) >= 11 is 0. The third-order valence-corrected chi connectivity index (χ3v) is 4.83. The number of esters is 1. The molecule has 0 spiro atoms. The molecule has 0 aliphatic rings. The first-order valence-corrected chi connectivity index (χ1v) is 11.0. The number of hydrogen-bond acceptors (Lipinski definition) is 3. The Morgan fingerprint density at radius 3 is 1.73 bits per heavy atom. The number of carbonyl (C=O) groups is 2. The van der Waals surface area contributed by atoms with Crippen molar-refractivity contribution in [1.29, 1.82) is 0 Å². The van der Waals surface area contributed by atoms with E-state index in [1.807, 2.05) is 0 Å². The summed E-state index contributed by atoms with van der Waals surface area (Å²) < 4.78 is 5.75. The highest BCUT2D eigenvalue weighted by Gasteiger charge is 2.14. The van der Waals surface area contributed by atoms with Gasteiger partial charge in [0.05, 0.1) is 0 Å². The van der Waals surface area contributed by atoms with E-state index in [1.165, 1.54) is 25.7 Å². The van der Waals surface area contributed by atoms with Crippen molar-refractivity contribution in [3.05, 3.63) is 0 Å². The zero-order valence-electron chi connectivity index (χ0n) is 17.3. The molecule has 0 rings (SSSR count). The van der Waals surface area contributed by atoms with E-state index in [9.17, 15) is 9.59 Å². The predicted octanol–water partition coefficient (Wildman–Crippen LogP) is 6.65. The van der Waals surface area contributed by atoms with Gasteiger partial charge in [-0.1, -0.05) is 71.6 Å². The van der Waals surface area contributed by atoms with E-state index in [1.54, 1.807) is 0 Å². The lowest BCUT2D eigenvalue weighted by Gasteiger charge is -2.18. The highest BCUT2D eigenvalue weighted by Crippen LogP contribution is 2.17. The van der Waals surface area contributed by atoms with Crippen molar-refractivity contribution < 1.29 is 19.4 Å². The number of rotatable bonds is 19. The van der Waals surface area contributed by atoms with Crippen molar-refractivity contribution >= 4 is 11.9 Å². The maximum absolute atomic E-state index is 12.0. The van der Waals surface area contributed by atoms with Gasteiger partial charge in [-0.05, 0) is 38.5 Å². The molecule has 26 heavy (non-hydrogen) atoms. The van der Waals surface area contributed by atoms with Crippen molar-refractivity contribution in [2.75, 3.05) is 0 Å². The molecule has 0 heterocycles. The monoisotopic (exact) mass is 370 g/mol. The van der Waals surface area contributed by atoms with Crippen LogP contribution in [-0.2, 0) is 14.3 Å². The second-order valence-corrected chi connectivity index (χ2v) is 7.47. The Kier molecular flexibility index (Phi) is 18.0. The maximum Gasteiger partial charge on any atom is 0.306 e. The summed E-state index contributed by atoms with van der Waals surface area (Å²) in [5.74, 6) is -0.735. The largest absolute Gasteiger partial charge is 0.481 e. The van der Waals surface area contributed by atoms with Gasteiger partial charge < -0.3 is 9.84 Å².